The second kappa shape index (κ2) is 7.15. The van der Waals surface area contributed by atoms with Crippen LogP contribution in [0.2, 0.25) is 0 Å². The number of anilines is 2. The highest BCUT2D eigenvalue weighted by Crippen LogP contribution is 2.37. The Hall–Kier alpha value is -3.67. The molecule has 0 radical (unpaired) electrons. The number of nitrogens with zero attached hydrogens (tertiary/aromatic N) is 2. The van der Waals surface area contributed by atoms with E-state index >= 15 is 0 Å². The van der Waals surface area contributed by atoms with Gasteiger partial charge in [0, 0.05) is 11.9 Å². The molecule has 140 valence electrons. The molecule has 0 atom stereocenters. The summed E-state index contributed by atoms with van der Waals surface area (Å²) in [7, 11) is 0. The molecule has 0 saturated carbocycles. The normalized spacial score (nSPS) is 12.5. The fraction of sp³-hybridized carbons (Fsp3) is 0.136. The number of para-hydroxylation sites is 2. The van der Waals surface area contributed by atoms with E-state index in [0.29, 0.717) is 17.0 Å². The highest BCUT2D eigenvalue weighted by Gasteiger charge is 2.30. The molecule has 2 aromatic carbocycles. The van der Waals surface area contributed by atoms with E-state index in [1.54, 1.807) is 36.5 Å². The Balaban J connectivity index is 1.66. The molecule has 2 amide bonds. The Morgan fingerprint density at radius 3 is 2.75 bits per heavy atom. The number of aromatic nitrogens is 1. The minimum atomic E-state index is -0.330. The molecule has 3 aromatic rings. The summed E-state index contributed by atoms with van der Waals surface area (Å²) in [6.07, 6.45) is 1.57. The number of amides is 2. The van der Waals surface area contributed by atoms with Crippen LogP contribution >= 0.6 is 0 Å². The third kappa shape index (κ3) is 3.32. The van der Waals surface area contributed by atoms with Gasteiger partial charge in [-0.1, -0.05) is 29.8 Å². The second-order valence-electron chi connectivity index (χ2n) is 6.68. The van der Waals surface area contributed by atoms with E-state index < -0.39 is 0 Å². The summed E-state index contributed by atoms with van der Waals surface area (Å²) < 4.78 is 5.83. The smallest absolute Gasteiger partial charge is 0.264 e. The number of pyridine rings is 1. The second-order valence-corrected chi connectivity index (χ2v) is 6.68. The third-order valence-electron chi connectivity index (χ3n) is 4.57. The van der Waals surface area contributed by atoms with Crippen LogP contribution in [-0.2, 0) is 4.79 Å². The van der Waals surface area contributed by atoms with Gasteiger partial charge >= 0.3 is 0 Å². The molecule has 0 bridgehead atoms. The van der Waals surface area contributed by atoms with Crippen LogP contribution in [0.3, 0.4) is 0 Å². The zero-order valence-electron chi connectivity index (χ0n) is 15.6. The molecule has 4 rings (SSSR count). The van der Waals surface area contributed by atoms with Crippen LogP contribution in [0.4, 0.5) is 11.4 Å². The number of hydrogen-bond acceptors (Lipinski definition) is 4. The van der Waals surface area contributed by atoms with Gasteiger partial charge in [-0.25, -0.2) is 4.98 Å². The molecule has 1 aliphatic heterocycles. The van der Waals surface area contributed by atoms with Gasteiger partial charge in [-0.05, 0) is 49.7 Å². The molecular formula is C22H19N3O3. The van der Waals surface area contributed by atoms with Crippen LogP contribution in [0.5, 0.6) is 11.6 Å². The van der Waals surface area contributed by atoms with E-state index in [0.717, 1.165) is 16.8 Å². The molecule has 1 N–H and O–H groups in total. The molecule has 1 aliphatic rings. The number of aryl methyl sites for hydroxylation is 2. The van der Waals surface area contributed by atoms with Crippen LogP contribution in [-0.4, -0.2) is 23.3 Å². The summed E-state index contributed by atoms with van der Waals surface area (Å²) in [6.45, 7) is 3.79. The first-order chi connectivity index (χ1) is 13.5. The number of hydrogen-bond donors (Lipinski definition) is 1. The van der Waals surface area contributed by atoms with Crippen LogP contribution in [0.25, 0.3) is 0 Å². The number of fused-ring (bicyclic) bond motifs is 2. The molecule has 6 heteroatoms. The predicted octanol–water partition coefficient (Wildman–Crippen LogP) is 4.09. The fourth-order valence-electron chi connectivity index (χ4n) is 3.20. The Morgan fingerprint density at radius 1 is 1.11 bits per heavy atom. The van der Waals surface area contributed by atoms with Crippen molar-refractivity contribution in [1.29, 1.82) is 0 Å². The molecule has 0 unspecified atom stereocenters. The third-order valence-corrected chi connectivity index (χ3v) is 4.57. The summed E-state index contributed by atoms with van der Waals surface area (Å²) in [5.74, 6) is 0.0936. The molecule has 0 saturated heterocycles. The topological polar surface area (TPSA) is 71.5 Å². The SMILES string of the molecule is Cc1ccc(NC(=O)CN2C(=O)c3cccnc3Oc3ccccc32)c(C)c1. The molecule has 0 aliphatic carbocycles. The van der Waals surface area contributed by atoms with Crippen molar-refractivity contribution in [3.8, 4) is 11.6 Å². The van der Waals surface area contributed by atoms with Crippen molar-refractivity contribution in [3.05, 3.63) is 77.5 Å². The van der Waals surface area contributed by atoms with Gasteiger partial charge in [0.2, 0.25) is 11.8 Å². The summed E-state index contributed by atoms with van der Waals surface area (Å²) in [5, 5.41) is 2.89. The van der Waals surface area contributed by atoms with Gasteiger partial charge in [-0.15, -0.1) is 0 Å². The number of benzene rings is 2. The van der Waals surface area contributed by atoms with Gasteiger partial charge in [0.15, 0.2) is 5.75 Å². The van der Waals surface area contributed by atoms with Gasteiger partial charge in [-0.3, -0.25) is 14.5 Å². The maximum absolute atomic E-state index is 13.1. The zero-order chi connectivity index (χ0) is 19.7. The van der Waals surface area contributed by atoms with Crippen molar-refractivity contribution in [1.82, 2.24) is 4.98 Å². The largest absolute Gasteiger partial charge is 0.436 e. The lowest BCUT2D eigenvalue weighted by Crippen LogP contribution is -2.37. The van der Waals surface area contributed by atoms with Crippen LogP contribution in [0.15, 0.2) is 60.8 Å². The maximum atomic E-state index is 13.1. The fourth-order valence-corrected chi connectivity index (χ4v) is 3.20. The predicted molar refractivity (Wildman–Crippen MR) is 107 cm³/mol. The number of carbonyl (C=O) groups is 2. The Kier molecular flexibility index (Phi) is 4.53. The lowest BCUT2D eigenvalue weighted by Gasteiger charge is -2.21. The van der Waals surface area contributed by atoms with E-state index in [4.69, 9.17) is 4.74 Å². The molecular weight excluding hydrogens is 354 g/mol. The molecule has 0 spiro atoms. The molecule has 6 nitrogen and oxygen atoms in total. The summed E-state index contributed by atoms with van der Waals surface area (Å²) in [4.78, 5) is 31.4. The Labute approximate surface area is 162 Å². The first-order valence-electron chi connectivity index (χ1n) is 8.94. The average molecular weight is 373 g/mol. The number of rotatable bonds is 3. The van der Waals surface area contributed by atoms with Gasteiger partial charge in [0.05, 0.1) is 5.69 Å². The van der Waals surface area contributed by atoms with E-state index in [9.17, 15) is 9.59 Å². The highest BCUT2D eigenvalue weighted by atomic mass is 16.5. The highest BCUT2D eigenvalue weighted by molar-refractivity contribution is 6.12. The number of nitrogens with one attached hydrogen (secondary N) is 1. The van der Waals surface area contributed by atoms with E-state index in [2.05, 4.69) is 10.3 Å². The van der Waals surface area contributed by atoms with Crippen molar-refractivity contribution in [2.45, 2.75) is 13.8 Å². The van der Waals surface area contributed by atoms with Gasteiger partial charge in [0.1, 0.15) is 12.1 Å². The van der Waals surface area contributed by atoms with Gasteiger partial charge in [-0.2, -0.15) is 0 Å². The lowest BCUT2D eigenvalue weighted by molar-refractivity contribution is -0.114. The minimum Gasteiger partial charge on any atom is -0.436 e. The zero-order valence-corrected chi connectivity index (χ0v) is 15.6. The van der Waals surface area contributed by atoms with Crippen molar-refractivity contribution in [2.24, 2.45) is 0 Å². The maximum Gasteiger partial charge on any atom is 0.264 e. The van der Waals surface area contributed by atoms with Gasteiger partial charge < -0.3 is 10.1 Å². The van der Waals surface area contributed by atoms with Crippen LogP contribution in [0.1, 0.15) is 21.5 Å². The molecule has 0 fully saturated rings. The van der Waals surface area contributed by atoms with Crippen molar-refractivity contribution < 1.29 is 14.3 Å². The quantitative estimate of drug-likeness (QED) is 0.751. The Bertz CT molecular complexity index is 1080. The summed E-state index contributed by atoms with van der Waals surface area (Å²) >= 11 is 0. The average Bonchev–Trinajstić information content (AvgIpc) is 2.79. The molecule has 28 heavy (non-hydrogen) atoms. The molecule has 2 heterocycles. The first kappa shape index (κ1) is 17.7. The first-order valence-corrected chi connectivity index (χ1v) is 8.94. The van der Waals surface area contributed by atoms with E-state index in [1.165, 1.54) is 4.90 Å². The number of carbonyl (C=O) groups excluding carboxylic acids is 2. The standard InChI is InChI=1S/C22H19N3O3/c1-14-9-10-17(15(2)12-14)24-20(26)13-25-18-7-3-4-8-19(18)28-21-16(22(25)27)6-5-11-23-21/h3-12H,13H2,1-2H3,(H,24,26). The lowest BCUT2D eigenvalue weighted by atomic mass is 10.1. The van der Waals surface area contributed by atoms with Crippen molar-refractivity contribution in [3.63, 3.8) is 0 Å². The van der Waals surface area contributed by atoms with Crippen LogP contribution in [0, 0.1) is 13.8 Å². The number of ether oxygens (including phenoxy) is 1. The van der Waals surface area contributed by atoms with Crippen molar-refractivity contribution >= 4 is 23.2 Å². The van der Waals surface area contributed by atoms with E-state index in [1.807, 2.05) is 38.1 Å². The summed E-state index contributed by atoms with van der Waals surface area (Å²) in [5.41, 5.74) is 3.66. The molecule has 1 aromatic heterocycles. The van der Waals surface area contributed by atoms with Crippen LogP contribution < -0.4 is 15.0 Å². The van der Waals surface area contributed by atoms with Gasteiger partial charge in [0.25, 0.3) is 5.91 Å². The Morgan fingerprint density at radius 2 is 1.93 bits per heavy atom. The monoisotopic (exact) mass is 373 g/mol. The summed E-state index contributed by atoms with van der Waals surface area (Å²) in [6, 6.07) is 16.2. The van der Waals surface area contributed by atoms with Crippen molar-refractivity contribution in [2.75, 3.05) is 16.8 Å². The van der Waals surface area contributed by atoms with E-state index in [-0.39, 0.29) is 24.2 Å². The minimum absolute atomic E-state index is 0.138.